The van der Waals surface area contributed by atoms with Crippen molar-refractivity contribution in [2.45, 2.75) is 0 Å². The molecule has 0 aliphatic carbocycles. The number of nitriles is 2. The third-order valence-electron chi connectivity index (χ3n) is 0.0500. The summed E-state index contributed by atoms with van der Waals surface area (Å²) in [6.45, 7) is 0. The Morgan fingerprint density at radius 3 is 1.00 bits per heavy atom. The van der Waals surface area contributed by atoms with Crippen LogP contribution in [-0.4, -0.2) is 0 Å². The predicted molar refractivity (Wildman–Crippen MR) is 11.9 cm³/mol. The Bertz CT molecular complexity index is 68.7. The first kappa shape index (κ1) is 24.6. The summed E-state index contributed by atoms with van der Waals surface area (Å²) < 4.78 is 0. The quantitative estimate of drug-likeness (QED) is 0.294. The SMILES string of the molecule is N#CC#N.[Na+].[Na+].[O-2]. The van der Waals surface area contributed by atoms with E-state index in [0.717, 1.165) is 0 Å². The van der Waals surface area contributed by atoms with Crippen LogP contribution in [0.2, 0.25) is 0 Å². The predicted octanol–water partition coefficient (Wildman–Crippen LogP) is -6.08. The standard InChI is InChI=1S/C2N2.2Na.O/c3-1-2-4;;;/q;2*+1;-2. The Kier molecular flexibility index (Phi) is 99.7. The third-order valence-corrected chi connectivity index (χ3v) is 0.0500. The summed E-state index contributed by atoms with van der Waals surface area (Å²) in [7, 11) is 0. The topological polar surface area (TPSA) is 76.1 Å². The number of rotatable bonds is 0. The Morgan fingerprint density at radius 2 is 1.00 bits per heavy atom. The van der Waals surface area contributed by atoms with Crippen LogP contribution in [0.4, 0.5) is 0 Å². The molecule has 0 unspecified atom stereocenters. The molecule has 0 aromatic heterocycles. The van der Waals surface area contributed by atoms with Crippen LogP contribution in [0.15, 0.2) is 0 Å². The second-order valence-electron chi connectivity index (χ2n) is 0.224. The van der Waals surface area contributed by atoms with Gasteiger partial charge in [0.15, 0.2) is 12.1 Å². The van der Waals surface area contributed by atoms with Crippen LogP contribution in [0.3, 0.4) is 0 Å². The zero-order chi connectivity index (χ0) is 3.41. The zero-order valence-electron chi connectivity index (χ0n) is 4.30. The molecule has 0 fully saturated rings. The van der Waals surface area contributed by atoms with E-state index in [4.69, 9.17) is 10.5 Å². The molecular formula is C2N2Na2O. The van der Waals surface area contributed by atoms with E-state index in [0.29, 0.717) is 0 Å². The van der Waals surface area contributed by atoms with Crippen molar-refractivity contribution in [3.05, 3.63) is 0 Å². The molecule has 0 heterocycles. The molecule has 0 rings (SSSR count). The Balaban J connectivity index is -0.0000000150. The normalized spacial score (nSPS) is 1.43. The summed E-state index contributed by atoms with van der Waals surface area (Å²) in [6, 6.07) is 2.47. The molecule has 0 aliphatic heterocycles. The van der Waals surface area contributed by atoms with Crippen LogP contribution in [0.1, 0.15) is 0 Å². The summed E-state index contributed by atoms with van der Waals surface area (Å²) in [5, 5.41) is 14.5. The fourth-order valence-electron chi connectivity index (χ4n) is 0. The van der Waals surface area contributed by atoms with Gasteiger partial charge in [-0.15, -0.1) is 0 Å². The molecule has 0 spiro atoms. The molecule has 0 radical (unpaired) electrons. The van der Waals surface area contributed by atoms with E-state index in [-0.39, 0.29) is 64.6 Å². The molecule has 0 bridgehead atoms. The molecule has 0 aliphatic rings. The minimum Gasteiger partial charge on any atom is -2.00 e. The summed E-state index contributed by atoms with van der Waals surface area (Å²) in [5.74, 6) is 0. The van der Waals surface area contributed by atoms with Gasteiger partial charge >= 0.3 is 59.1 Å². The van der Waals surface area contributed by atoms with Gasteiger partial charge in [0.1, 0.15) is 0 Å². The monoisotopic (exact) mass is 114 g/mol. The van der Waals surface area contributed by atoms with E-state index in [1.807, 2.05) is 0 Å². The summed E-state index contributed by atoms with van der Waals surface area (Å²) in [6.07, 6.45) is 0. The second kappa shape index (κ2) is 28.3. The van der Waals surface area contributed by atoms with E-state index < -0.39 is 0 Å². The van der Waals surface area contributed by atoms with E-state index >= 15 is 0 Å². The van der Waals surface area contributed by atoms with Gasteiger partial charge in [-0.3, -0.25) is 0 Å². The van der Waals surface area contributed by atoms with Crippen molar-refractivity contribution in [1.29, 1.82) is 10.5 Å². The summed E-state index contributed by atoms with van der Waals surface area (Å²) >= 11 is 0. The molecule has 26 valence electrons. The van der Waals surface area contributed by atoms with Crippen molar-refractivity contribution >= 4 is 0 Å². The molecule has 3 nitrogen and oxygen atoms in total. The smallest absolute Gasteiger partial charge is 1.00 e. The van der Waals surface area contributed by atoms with E-state index in [9.17, 15) is 0 Å². The van der Waals surface area contributed by atoms with Gasteiger partial charge < -0.3 is 5.48 Å². The van der Waals surface area contributed by atoms with Crippen molar-refractivity contribution in [1.82, 2.24) is 0 Å². The zero-order valence-corrected chi connectivity index (χ0v) is 8.30. The Morgan fingerprint density at radius 1 is 0.857 bits per heavy atom. The molecule has 0 atom stereocenters. The van der Waals surface area contributed by atoms with Gasteiger partial charge in [-0.25, -0.2) is 0 Å². The minimum atomic E-state index is 0. The van der Waals surface area contributed by atoms with Crippen LogP contribution in [0.5, 0.6) is 0 Å². The van der Waals surface area contributed by atoms with Crippen molar-refractivity contribution in [2.75, 3.05) is 0 Å². The molecule has 0 N–H and O–H groups in total. The molecule has 0 amide bonds. The van der Waals surface area contributed by atoms with Gasteiger partial charge in [-0.1, -0.05) is 0 Å². The van der Waals surface area contributed by atoms with Gasteiger partial charge in [0.05, 0.1) is 0 Å². The van der Waals surface area contributed by atoms with Gasteiger partial charge in [0.25, 0.3) is 0 Å². The average molecular weight is 114 g/mol. The van der Waals surface area contributed by atoms with Crippen molar-refractivity contribution < 1.29 is 64.6 Å². The molecule has 0 saturated carbocycles. The first-order valence-electron chi connectivity index (χ1n) is 0.697. The maximum Gasteiger partial charge on any atom is 1.00 e. The first-order chi connectivity index (χ1) is 1.91. The molecule has 0 saturated heterocycles. The van der Waals surface area contributed by atoms with Gasteiger partial charge in [-0.2, -0.15) is 10.5 Å². The molecule has 7 heavy (non-hydrogen) atoms. The largest absolute Gasteiger partial charge is 2.00 e. The van der Waals surface area contributed by atoms with E-state index in [2.05, 4.69) is 0 Å². The number of hydrogen-bond donors (Lipinski definition) is 0. The molecule has 5 heteroatoms. The Hall–Kier alpha value is 0.940. The van der Waals surface area contributed by atoms with Crippen LogP contribution in [0, 0.1) is 22.7 Å². The average Bonchev–Trinajstić information content (AvgIpc) is 1.37. The van der Waals surface area contributed by atoms with Gasteiger partial charge in [0, 0.05) is 0 Å². The fraction of sp³-hybridized carbons (Fsp3) is 0. The molecule has 0 aromatic rings. The van der Waals surface area contributed by atoms with Crippen molar-refractivity contribution in [3.63, 3.8) is 0 Å². The maximum atomic E-state index is 7.26. The van der Waals surface area contributed by atoms with Crippen molar-refractivity contribution in [2.24, 2.45) is 0 Å². The summed E-state index contributed by atoms with van der Waals surface area (Å²) in [4.78, 5) is 0. The van der Waals surface area contributed by atoms with E-state index in [1.165, 1.54) is 12.1 Å². The van der Waals surface area contributed by atoms with Gasteiger partial charge in [0.2, 0.25) is 0 Å². The second-order valence-corrected chi connectivity index (χ2v) is 0.224. The van der Waals surface area contributed by atoms with Crippen LogP contribution < -0.4 is 59.1 Å². The molecular weight excluding hydrogens is 114 g/mol. The van der Waals surface area contributed by atoms with Crippen LogP contribution in [-0.2, 0) is 5.48 Å². The van der Waals surface area contributed by atoms with Crippen molar-refractivity contribution in [3.8, 4) is 12.1 Å². The molecule has 0 aromatic carbocycles. The van der Waals surface area contributed by atoms with Crippen LogP contribution >= 0.6 is 0 Å². The maximum absolute atomic E-state index is 7.26. The van der Waals surface area contributed by atoms with Crippen LogP contribution in [0.25, 0.3) is 0 Å². The van der Waals surface area contributed by atoms with Gasteiger partial charge in [-0.05, 0) is 0 Å². The summed E-state index contributed by atoms with van der Waals surface area (Å²) in [5.41, 5.74) is 0. The Labute approximate surface area is 86.2 Å². The first-order valence-corrected chi connectivity index (χ1v) is 0.697. The van der Waals surface area contributed by atoms with E-state index in [1.54, 1.807) is 0 Å². The number of hydrogen-bond acceptors (Lipinski definition) is 2. The third kappa shape index (κ3) is 45.0. The number of nitrogens with zero attached hydrogens (tertiary/aromatic N) is 2. The minimum absolute atomic E-state index is 0. The fourth-order valence-corrected chi connectivity index (χ4v) is 0.